The Morgan fingerprint density at radius 1 is 1.15 bits per heavy atom. The third kappa shape index (κ3) is 2.22. The zero-order chi connectivity index (χ0) is 14.3. The van der Waals surface area contributed by atoms with Crippen molar-refractivity contribution in [2.45, 2.75) is 13.1 Å². The predicted molar refractivity (Wildman–Crippen MR) is 74.1 cm³/mol. The minimum absolute atomic E-state index is 0.102. The monoisotopic (exact) mass is 337 g/mol. The molecule has 20 heavy (non-hydrogen) atoms. The van der Waals surface area contributed by atoms with Gasteiger partial charge < -0.3 is 4.90 Å². The number of fused-ring (bicyclic) bond motifs is 1. The molecule has 1 aliphatic heterocycles. The van der Waals surface area contributed by atoms with E-state index in [1.807, 2.05) is 0 Å². The van der Waals surface area contributed by atoms with E-state index in [1.54, 1.807) is 24.3 Å². The summed E-state index contributed by atoms with van der Waals surface area (Å²) in [5.74, 6) is -1.30. The summed E-state index contributed by atoms with van der Waals surface area (Å²) in [7, 11) is 0. The fourth-order valence-electron chi connectivity index (χ4n) is 2.36. The second-order valence-electron chi connectivity index (χ2n) is 4.67. The van der Waals surface area contributed by atoms with Crippen molar-refractivity contribution < 1.29 is 13.6 Å². The number of nitrogens with zero attached hydrogens (tertiary/aromatic N) is 1. The molecule has 1 amide bonds. The molecule has 0 atom stereocenters. The molecule has 0 aromatic heterocycles. The normalized spacial score (nSPS) is 13.8. The van der Waals surface area contributed by atoms with Crippen molar-refractivity contribution in [2.24, 2.45) is 0 Å². The summed E-state index contributed by atoms with van der Waals surface area (Å²) in [5, 5.41) is 0. The summed E-state index contributed by atoms with van der Waals surface area (Å²) < 4.78 is 28.1. The highest BCUT2D eigenvalue weighted by molar-refractivity contribution is 9.10. The van der Waals surface area contributed by atoms with Gasteiger partial charge in [-0.15, -0.1) is 0 Å². The summed E-state index contributed by atoms with van der Waals surface area (Å²) >= 11 is 3.18. The highest BCUT2D eigenvalue weighted by Gasteiger charge is 2.30. The van der Waals surface area contributed by atoms with Gasteiger partial charge >= 0.3 is 0 Å². The van der Waals surface area contributed by atoms with Gasteiger partial charge in [-0.2, -0.15) is 0 Å². The lowest BCUT2D eigenvalue weighted by Gasteiger charge is -2.16. The maximum absolute atomic E-state index is 13.8. The van der Waals surface area contributed by atoms with Crippen LogP contribution in [0, 0.1) is 11.6 Å². The molecule has 1 aliphatic rings. The molecule has 0 unspecified atom stereocenters. The molecule has 0 radical (unpaired) electrons. The van der Waals surface area contributed by atoms with E-state index in [9.17, 15) is 13.6 Å². The zero-order valence-electron chi connectivity index (χ0n) is 10.4. The van der Waals surface area contributed by atoms with Gasteiger partial charge in [0.2, 0.25) is 0 Å². The first-order valence-electron chi connectivity index (χ1n) is 6.07. The Bertz CT molecular complexity index is 702. The molecule has 0 N–H and O–H groups in total. The Labute approximate surface area is 123 Å². The van der Waals surface area contributed by atoms with Crippen molar-refractivity contribution >= 4 is 21.8 Å². The van der Waals surface area contributed by atoms with Crippen LogP contribution in [-0.4, -0.2) is 10.8 Å². The smallest absolute Gasteiger partial charge is 0.257 e. The number of carbonyl (C=O) groups excluding carboxylic acids is 1. The van der Waals surface area contributed by atoms with E-state index in [0.29, 0.717) is 22.1 Å². The molecule has 0 saturated carbocycles. The average Bonchev–Trinajstić information content (AvgIpc) is 2.71. The third-order valence-electron chi connectivity index (χ3n) is 3.34. The van der Waals surface area contributed by atoms with Gasteiger partial charge in [0.05, 0.1) is 5.56 Å². The number of rotatable bonds is 2. The van der Waals surface area contributed by atoms with E-state index in [-0.39, 0.29) is 23.8 Å². The predicted octanol–water partition coefficient (Wildman–Crippen LogP) is 3.88. The van der Waals surface area contributed by atoms with Crippen LogP contribution in [0.25, 0.3) is 0 Å². The lowest BCUT2D eigenvalue weighted by molar-refractivity contribution is 0.0762. The van der Waals surface area contributed by atoms with Crippen LogP contribution in [0.15, 0.2) is 40.9 Å². The van der Waals surface area contributed by atoms with Gasteiger partial charge in [-0.1, -0.05) is 34.1 Å². The Balaban J connectivity index is 1.88. The first-order chi connectivity index (χ1) is 9.56. The molecule has 3 rings (SSSR count). The fraction of sp³-hybridized carbons (Fsp3) is 0.133. The molecule has 2 nitrogen and oxygen atoms in total. The molecular formula is C15H10BrF2NO. The van der Waals surface area contributed by atoms with Gasteiger partial charge in [0.15, 0.2) is 0 Å². The largest absolute Gasteiger partial charge is 0.330 e. The van der Waals surface area contributed by atoms with Gasteiger partial charge in [-0.3, -0.25) is 4.79 Å². The van der Waals surface area contributed by atoms with E-state index in [1.165, 1.54) is 17.0 Å². The summed E-state index contributed by atoms with van der Waals surface area (Å²) in [4.78, 5) is 13.6. The average molecular weight is 338 g/mol. The number of hydrogen-bond donors (Lipinski definition) is 0. The van der Waals surface area contributed by atoms with Crippen LogP contribution in [0.2, 0.25) is 0 Å². The van der Waals surface area contributed by atoms with Crippen LogP contribution < -0.4 is 0 Å². The summed E-state index contributed by atoms with van der Waals surface area (Å²) in [6.07, 6.45) is 0. The summed E-state index contributed by atoms with van der Waals surface area (Å²) in [6.45, 7) is 0.438. The molecule has 0 spiro atoms. The third-order valence-corrected chi connectivity index (χ3v) is 3.83. The zero-order valence-corrected chi connectivity index (χ0v) is 12.0. The minimum Gasteiger partial charge on any atom is -0.330 e. The quantitative estimate of drug-likeness (QED) is 0.814. The van der Waals surface area contributed by atoms with Crippen LogP contribution in [0.5, 0.6) is 0 Å². The molecular weight excluding hydrogens is 328 g/mol. The van der Waals surface area contributed by atoms with Crippen molar-refractivity contribution in [1.82, 2.24) is 4.90 Å². The molecule has 0 saturated heterocycles. The van der Waals surface area contributed by atoms with Crippen LogP contribution in [0.3, 0.4) is 0 Å². The highest BCUT2D eigenvalue weighted by atomic mass is 79.9. The van der Waals surface area contributed by atoms with Crippen molar-refractivity contribution in [1.29, 1.82) is 0 Å². The van der Waals surface area contributed by atoms with Gasteiger partial charge in [-0.05, 0) is 23.8 Å². The lowest BCUT2D eigenvalue weighted by Crippen LogP contribution is -2.24. The molecule has 0 bridgehead atoms. The van der Waals surface area contributed by atoms with Crippen LogP contribution in [0.1, 0.15) is 21.5 Å². The molecule has 0 aliphatic carbocycles. The first-order valence-corrected chi connectivity index (χ1v) is 6.86. The topological polar surface area (TPSA) is 20.3 Å². The highest BCUT2D eigenvalue weighted by Crippen LogP contribution is 2.27. The molecule has 0 fully saturated rings. The summed E-state index contributed by atoms with van der Waals surface area (Å²) in [6, 6.07) is 9.24. The number of carbonyl (C=O) groups is 1. The maximum Gasteiger partial charge on any atom is 0.257 e. The number of amides is 1. The van der Waals surface area contributed by atoms with Gasteiger partial charge in [-0.25, -0.2) is 8.78 Å². The Kier molecular flexibility index (Phi) is 3.30. The number of halogens is 3. The van der Waals surface area contributed by atoms with Gasteiger partial charge in [0.25, 0.3) is 5.91 Å². The minimum atomic E-state index is -0.522. The van der Waals surface area contributed by atoms with Crippen molar-refractivity contribution in [2.75, 3.05) is 0 Å². The maximum atomic E-state index is 13.8. The van der Waals surface area contributed by atoms with Crippen molar-refractivity contribution in [3.63, 3.8) is 0 Å². The number of hydrogen-bond acceptors (Lipinski definition) is 1. The Morgan fingerprint density at radius 3 is 2.65 bits per heavy atom. The SMILES string of the molecule is O=C1c2c(F)cccc2CN1Cc1ccc(Br)cc1F. The molecule has 102 valence electrons. The van der Waals surface area contributed by atoms with E-state index in [2.05, 4.69) is 15.9 Å². The Morgan fingerprint density at radius 2 is 1.95 bits per heavy atom. The van der Waals surface area contributed by atoms with E-state index in [4.69, 9.17) is 0 Å². The van der Waals surface area contributed by atoms with Crippen LogP contribution >= 0.6 is 15.9 Å². The van der Waals surface area contributed by atoms with Crippen molar-refractivity contribution in [3.8, 4) is 0 Å². The molecule has 2 aromatic rings. The fourth-order valence-corrected chi connectivity index (χ4v) is 2.69. The van der Waals surface area contributed by atoms with E-state index < -0.39 is 5.82 Å². The lowest BCUT2D eigenvalue weighted by atomic mass is 10.1. The van der Waals surface area contributed by atoms with Crippen molar-refractivity contribution in [3.05, 3.63) is 69.2 Å². The summed E-state index contributed by atoms with van der Waals surface area (Å²) in [5.41, 5.74) is 1.16. The second kappa shape index (κ2) is 4.98. The molecule has 2 aromatic carbocycles. The van der Waals surface area contributed by atoms with Crippen LogP contribution in [-0.2, 0) is 13.1 Å². The standard InChI is InChI=1S/C15H10BrF2NO/c16-11-5-4-9(13(18)6-11)7-19-8-10-2-1-3-12(17)14(10)15(19)20/h1-6H,7-8H2. The van der Waals surface area contributed by atoms with Crippen LogP contribution in [0.4, 0.5) is 8.78 Å². The van der Waals surface area contributed by atoms with Gasteiger partial charge in [0, 0.05) is 23.1 Å². The number of benzene rings is 2. The molecule has 1 heterocycles. The van der Waals surface area contributed by atoms with E-state index >= 15 is 0 Å². The Hall–Kier alpha value is -1.75. The van der Waals surface area contributed by atoms with Gasteiger partial charge in [0.1, 0.15) is 11.6 Å². The van der Waals surface area contributed by atoms with E-state index in [0.717, 1.165) is 0 Å². The first kappa shape index (κ1) is 13.2. The second-order valence-corrected chi connectivity index (χ2v) is 5.59. The molecule has 5 heteroatoms.